The predicted molar refractivity (Wildman–Crippen MR) is 88.1 cm³/mol. The van der Waals surface area contributed by atoms with Crippen molar-refractivity contribution in [3.63, 3.8) is 0 Å². The molecule has 22 heavy (non-hydrogen) atoms. The number of fused-ring (bicyclic) bond motifs is 1. The van der Waals surface area contributed by atoms with E-state index in [1.165, 1.54) is 11.1 Å². The Labute approximate surface area is 132 Å². The van der Waals surface area contributed by atoms with E-state index in [2.05, 4.69) is 52.8 Å². The third-order valence-electron chi connectivity index (χ3n) is 3.58. The molecule has 4 aromatic rings. The number of aryl methyl sites for hydroxylation is 1. The summed E-state index contributed by atoms with van der Waals surface area (Å²) in [6.45, 7) is 2.09. The average Bonchev–Trinajstić information content (AvgIpc) is 3.19. The lowest BCUT2D eigenvalue weighted by Crippen LogP contribution is -2.01. The third kappa shape index (κ3) is 2.40. The van der Waals surface area contributed by atoms with Gasteiger partial charge in [0.25, 0.3) is 0 Å². The number of thiophene rings is 1. The summed E-state index contributed by atoms with van der Waals surface area (Å²) in [6, 6.07) is 16.5. The first kappa shape index (κ1) is 13.2. The molecule has 0 aliphatic heterocycles. The maximum absolute atomic E-state index is 4.69. The second-order valence-corrected chi connectivity index (χ2v) is 6.19. The Morgan fingerprint density at radius 2 is 1.86 bits per heavy atom. The van der Waals surface area contributed by atoms with Gasteiger partial charge in [0, 0.05) is 6.42 Å². The zero-order valence-electron chi connectivity index (χ0n) is 12.1. The molecule has 0 bridgehead atoms. The topological polar surface area (TPSA) is 43.1 Å². The van der Waals surface area contributed by atoms with Crippen molar-refractivity contribution in [2.45, 2.75) is 13.3 Å². The number of nitrogens with zero attached hydrogens (tertiary/aromatic N) is 4. The second-order valence-electron chi connectivity index (χ2n) is 5.24. The molecule has 0 amide bonds. The molecule has 0 N–H and O–H groups in total. The Bertz CT molecular complexity index is 908. The Morgan fingerprint density at radius 3 is 2.64 bits per heavy atom. The van der Waals surface area contributed by atoms with Crippen molar-refractivity contribution in [1.82, 2.24) is 19.8 Å². The van der Waals surface area contributed by atoms with Gasteiger partial charge in [-0.1, -0.05) is 35.9 Å². The molecule has 0 saturated heterocycles. The summed E-state index contributed by atoms with van der Waals surface area (Å²) in [5, 5.41) is 15.2. The quantitative estimate of drug-likeness (QED) is 0.579. The van der Waals surface area contributed by atoms with E-state index in [1.54, 1.807) is 11.3 Å². The van der Waals surface area contributed by atoms with Gasteiger partial charge in [0.15, 0.2) is 11.5 Å². The van der Waals surface area contributed by atoms with Crippen molar-refractivity contribution >= 4 is 17.0 Å². The van der Waals surface area contributed by atoms with E-state index in [1.807, 2.05) is 22.7 Å². The van der Waals surface area contributed by atoms with Crippen molar-refractivity contribution in [2.24, 2.45) is 0 Å². The lowest BCUT2D eigenvalue weighted by Gasteiger charge is -2.02. The van der Waals surface area contributed by atoms with Gasteiger partial charge in [-0.05, 0) is 36.1 Å². The molecule has 0 aliphatic rings. The van der Waals surface area contributed by atoms with Gasteiger partial charge in [0.05, 0.1) is 4.88 Å². The minimum absolute atomic E-state index is 0.725. The molecule has 1 aromatic carbocycles. The molecule has 108 valence electrons. The summed E-state index contributed by atoms with van der Waals surface area (Å²) < 4.78 is 1.84. The van der Waals surface area contributed by atoms with E-state index in [9.17, 15) is 0 Å². The Morgan fingerprint density at radius 1 is 1.00 bits per heavy atom. The number of aromatic nitrogens is 4. The first-order chi connectivity index (χ1) is 10.8. The first-order valence-electron chi connectivity index (χ1n) is 7.10. The van der Waals surface area contributed by atoms with Crippen LogP contribution < -0.4 is 0 Å². The number of rotatable bonds is 3. The molecular weight excluding hydrogens is 292 g/mol. The fraction of sp³-hybridized carbons (Fsp3) is 0.118. The largest absolute Gasteiger partial charge is 0.196 e. The molecule has 3 aromatic heterocycles. The molecule has 0 aliphatic carbocycles. The van der Waals surface area contributed by atoms with Crippen LogP contribution in [0.2, 0.25) is 0 Å². The molecule has 0 saturated carbocycles. The van der Waals surface area contributed by atoms with Gasteiger partial charge in [0.1, 0.15) is 5.69 Å². The van der Waals surface area contributed by atoms with Crippen LogP contribution in [0, 0.1) is 6.92 Å². The van der Waals surface area contributed by atoms with Gasteiger partial charge in [-0.15, -0.1) is 21.5 Å². The molecule has 0 fully saturated rings. The summed E-state index contributed by atoms with van der Waals surface area (Å²) in [4.78, 5) is 1.15. The van der Waals surface area contributed by atoms with Crippen molar-refractivity contribution in [3.05, 3.63) is 70.9 Å². The Kier molecular flexibility index (Phi) is 3.20. The Hall–Kier alpha value is -2.53. The van der Waals surface area contributed by atoms with Crippen molar-refractivity contribution < 1.29 is 0 Å². The normalized spacial score (nSPS) is 11.1. The molecule has 3 heterocycles. The van der Waals surface area contributed by atoms with Crippen LogP contribution in [0.15, 0.2) is 53.9 Å². The zero-order chi connectivity index (χ0) is 14.9. The first-order valence-corrected chi connectivity index (χ1v) is 7.98. The third-order valence-corrected chi connectivity index (χ3v) is 4.48. The lowest BCUT2D eigenvalue weighted by molar-refractivity contribution is 0.842. The molecule has 0 radical (unpaired) electrons. The maximum Gasteiger partial charge on any atom is 0.177 e. The van der Waals surface area contributed by atoms with E-state index >= 15 is 0 Å². The molecular formula is C17H14N4S. The second kappa shape index (κ2) is 5.35. The summed E-state index contributed by atoms with van der Waals surface area (Å²) in [7, 11) is 0. The summed E-state index contributed by atoms with van der Waals surface area (Å²) in [5.41, 5.74) is 4.20. The van der Waals surface area contributed by atoms with E-state index < -0.39 is 0 Å². The highest BCUT2D eigenvalue weighted by molar-refractivity contribution is 7.13. The van der Waals surface area contributed by atoms with Crippen LogP contribution in [0.5, 0.6) is 0 Å². The molecule has 4 rings (SSSR count). The van der Waals surface area contributed by atoms with Crippen LogP contribution >= 0.6 is 11.3 Å². The van der Waals surface area contributed by atoms with E-state index in [0.717, 1.165) is 28.5 Å². The smallest absolute Gasteiger partial charge is 0.177 e. The van der Waals surface area contributed by atoms with Crippen LogP contribution in [0.3, 0.4) is 0 Å². The van der Waals surface area contributed by atoms with Gasteiger partial charge in [-0.3, -0.25) is 0 Å². The fourth-order valence-corrected chi connectivity index (χ4v) is 3.08. The van der Waals surface area contributed by atoms with E-state index in [4.69, 9.17) is 5.10 Å². The standard InChI is InChI=1S/C17H14N4S/c1-12-4-6-13(7-5-12)11-17-19-18-16-9-8-14(20-21(16)17)15-3-2-10-22-15/h2-10H,11H2,1H3. The van der Waals surface area contributed by atoms with Crippen LogP contribution in [-0.4, -0.2) is 19.8 Å². The Balaban J connectivity index is 1.74. The molecule has 0 spiro atoms. The monoisotopic (exact) mass is 306 g/mol. The molecule has 4 nitrogen and oxygen atoms in total. The maximum atomic E-state index is 4.69. The summed E-state index contributed by atoms with van der Waals surface area (Å²) in [5.74, 6) is 0.859. The number of benzene rings is 1. The van der Waals surface area contributed by atoms with Gasteiger partial charge >= 0.3 is 0 Å². The van der Waals surface area contributed by atoms with Crippen LogP contribution in [-0.2, 0) is 6.42 Å². The summed E-state index contributed by atoms with van der Waals surface area (Å²) >= 11 is 1.68. The average molecular weight is 306 g/mol. The van der Waals surface area contributed by atoms with Gasteiger partial charge < -0.3 is 0 Å². The predicted octanol–water partition coefficient (Wildman–Crippen LogP) is 3.75. The van der Waals surface area contributed by atoms with Crippen LogP contribution in [0.1, 0.15) is 17.0 Å². The number of hydrogen-bond acceptors (Lipinski definition) is 4. The minimum atomic E-state index is 0.725. The van der Waals surface area contributed by atoms with Gasteiger partial charge in [0.2, 0.25) is 0 Å². The van der Waals surface area contributed by atoms with Gasteiger partial charge in [-0.2, -0.15) is 9.61 Å². The minimum Gasteiger partial charge on any atom is -0.196 e. The molecule has 0 atom stereocenters. The number of hydrogen-bond donors (Lipinski definition) is 0. The SMILES string of the molecule is Cc1ccc(Cc2nnc3ccc(-c4cccs4)nn23)cc1. The highest BCUT2D eigenvalue weighted by Gasteiger charge is 2.09. The summed E-state index contributed by atoms with van der Waals surface area (Å²) in [6.07, 6.45) is 0.725. The fourth-order valence-electron chi connectivity index (χ4n) is 2.39. The molecule has 5 heteroatoms. The lowest BCUT2D eigenvalue weighted by atomic mass is 10.1. The van der Waals surface area contributed by atoms with E-state index in [-0.39, 0.29) is 0 Å². The van der Waals surface area contributed by atoms with Crippen LogP contribution in [0.4, 0.5) is 0 Å². The van der Waals surface area contributed by atoms with E-state index in [0.29, 0.717) is 0 Å². The van der Waals surface area contributed by atoms with Gasteiger partial charge in [-0.25, -0.2) is 0 Å². The van der Waals surface area contributed by atoms with Crippen molar-refractivity contribution in [2.75, 3.05) is 0 Å². The van der Waals surface area contributed by atoms with Crippen molar-refractivity contribution in [3.8, 4) is 10.6 Å². The van der Waals surface area contributed by atoms with Crippen LogP contribution in [0.25, 0.3) is 16.2 Å². The zero-order valence-corrected chi connectivity index (χ0v) is 12.9. The van der Waals surface area contributed by atoms with Crippen molar-refractivity contribution in [1.29, 1.82) is 0 Å². The highest BCUT2D eigenvalue weighted by Crippen LogP contribution is 2.22. The highest BCUT2D eigenvalue weighted by atomic mass is 32.1. The molecule has 0 unspecified atom stereocenters.